The molecule has 0 saturated heterocycles. The van der Waals surface area contributed by atoms with Crippen LogP contribution in [0.4, 0.5) is 0 Å². The van der Waals surface area contributed by atoms with Gasteiger partial charge < -0.3 is 5.73 Å². The summed E-state index contributed by atoms with van der Waals surface area (Å²) in [5.41, 5.74) is 7.77. The van der Waals surface area contributed by atoms with Gasteiger partial charge in [0.2, 0.25) is 0 Å². The van der Waals surface area contributed by atoms with Gasteiger partial charge in [-0.25, -0.2) is 0 Å². The number of aromatic nitrogens is 1. The highest BCUT2D eigenvalue weighted by atomic mass is 14.8. The molecule has 0 saturated carbocycles. The number of pyridine rings is 1. The molecule has 0 fully saturated rings. The number of nitrogens with zero attached hydrogens (tertiary/aromatic N) is 1. The van der Waals surface area contributed by atoms with Gasteiger partial charge in [0.15, 0.2) is 0 Å². The second-order valence-electron chi connectivity index (χ2n) is 2.74. The van der Waals surface area contributed by atoms with Crippen LogP contribution in [0.25, 0.3) is 6.08 Å². The second-order valence-corrected chi connectivity index (χ2v) is 2.74. The molecule has 0 aromatic carbocycles. The van der Waals surface area contributed by atoms with Crippen LogP contribution in [0.15, 0.2) is 24.9 Å². The fourth-order valence-electron chi connectivity index (χ4n) is 0.966. The lowest BCUT2D eigenvalue weighted by molar-refractivity contribution is 0.675. The number of hydrogen-bond donors (Lipinski definition) is 1. The molecule has 1 aromatic heterocycles. The average molecular weight is 162 g/mol. The maximum absolute atomic E-state index is 5.80. The standard InChI is InChI=1S/C10H14N2/c1-3-8-5-6-10(12-7-8)9(11)4-2/h3,5-7,9H,1,4,11H2,2H3/t9-/m0/s1. The van der Waals surface area contributed by atoms with Gasteiger partial charge in [0, 0.05) is 12.2 Å². The van der Waals surface area contributed by atoms with Crippen molar-refractivity contribution in [2.45, 2.75) is 19.4 Å². The number of nitrogens with two attached hydrogens (primary N) is 1. The zero-order chi connectivity index (χ0) is 8.97. The zero-order valence-electron chi connectivity index (χ0n) is 7.33. The first-order valence-electron chi connectivity index (χ1n) is 4.12. The molecule has 1 atom stereocenters. The Balaban J connectivity index is 2.84. The molecule has 0 bridgehead atoms. The average Bonchev–Trinajstić information content (AvgIpc) is 2.17. The van der Waals surface area contributed by atoms with Crippen LogP contribution in [0, 0.1) is 0 Å². The van der Waals surface area contributed by atoms with Gasteiger partial charge >= 0.3 is 0 Å². The Kier molecular flexibility index (Phi) is 3.00. The van der Waals surface area contributed by atoms with Crippen LogP contribution in [0.1, 0.15) is 30.6 Å². The van der Waals surface area contributed by atoms with E-state index in [0.29, 0.717) is 0 Å². The van der Waals surface area contributed by atoms with Gasteiger partial charge in [-0.2, -0.15) is 0 Å². The molecule has 0 aliphatic heterocycles. The van der Waals surface area contributed by atoms with Crippen molar-refractivity contribution < 1.29 is 0 Å². The van der Waals surface area contributed by atoms with Crippen LogP contribution < -0.4 is 5.73 Å². The molecule has 1 heterocycles. The van der Waals surface area contributed by atoms with Gasteiger partial charge in [0.05, 0.1) is 5.69 Å². The summed E-state index contributed by atoms with van der Waals surface area (Å²) in [7, 11) is 0. The SMILES string of the molecule is C=Cc1ccc([C@@H](N)CC)nc1. The van der Waals surface area contributed by atoms with Crippen LogP contribution in [0.2, 0.25) is 0 Å². The van der Waals surface area contributed by atoms with E-state index in [1.54, 1.807) is 12.3 Å². The fraction of sp³-hybridized carbons (Fsp3) is 0.300. The number of hydrogen-bond acceptors (Lipinski definition) is 2. The summed E-state index contributed by atoms with van der Waals surface area (Å²) in [6.45, 7) is 5.70. The van der Waals surface area contributed by atoms with E-state index in [2.05, 4.69) is 11.6 Å². The lowest BCUT2D eigenvalue weighted by atomic mass is 10.1. The Morgan fingerprint density at radius 3 is 2.83 bits per heavy atom. The molecule has 2 nitrogen and oxygen atoms in total. The lowest BCUT2D eigenvalue weighted by Crippen LogP contribution is -2.10. The molecular formula is C10H14N2. The summed E-state index contributed by atoms with van der Waals surface area (Å²) in [6.07, 6.45) is 4.48. The first kappa shape index (κ1) is 8.94. The summed E-state index contributed by atoms with van der Waals surface area (Å²) in [5.74, 6) is 0. The van der Waals surface area contributed by atoms with Crippen molar-refractivity contribution in [3.05, 3.63) is 36.2 Å². The summed E-state index contributed by atoms with van der Waals surface area (Å²) in [6, 6.07) is 3.99. The molecule has 1 aromatic rings. The van der Waals surface area contributed by atoms with Gasteiger partial charge in [-0.05, 0) is 18.1 Å². The Labute approximate surface area is 73.1 Å². The Morgan fingerprint density at radius 2 is 2.42 bits per heavy atom. The molecule has 64 valence electrons. The van der Waals surface area contributed by atoms with Crippen molar-refractivity contribution in [1.82, 2.24) is 4.98 Å². The zero-order valence-corrected chi connectivity index (χ0v) is 7.33. The van der Waals surface area contributed by atoms with Gasteiger partial charge in [0.1, 0.15) is 0 Å². The van der Waals surface area contributed by atoms with Crippen LogP contribution >= 0.6 is 0 Å². The van der Waals surface area contributed by atoms with Crippen LogP contribution in [0.5, 0.6) is 0 Å². The molecule has 12 heavy (non-hydrogen) atoms. The maximum atomic E-state index is 5.80. The van der Waals surface area contributed by atoms with Crippen molar-refractivity contribution >= 4 is 6.08 Å². The predicted octanol–water partition coefficient (Wildman–Crippen LogP) is 2.13. The third kappa shape index (κ3) is 1.92. The highest BCUT2D eigenvalue weighted by Crippen LogP contribution is 2.11. The minimum absolute atomic E-state index is 0.0591. The molecule has 0 radical (unpaired) electrons. The monoisotopic (exact) mass is 162 g/mol. The van der Waals surface area contributed by atoms with E-state index in [1.165, 1.54) is 0 Å². The van der Waals surface area contributed by atoms with Crippen molar-refractivity contribution in [3.8, 4) is 0 Å². The summed E-state index contributed by atoms with van der Waals surface area (Å²) in [5, 5.41) is 0. The summed E-state index contributed by atoms with van der Waals surface area (Å²) < 4.78 is 0. The molecule has 0 amide bonds. The minimum atomic E-state index is 0.0591. The predicted molar refractivity (Wildman–Crippen MR) is 51.5 cm³/mol. The van der Waals surface area contributed by atoms with E-state index >= 15 is 0 Å². The summed E-state index contributed by atoms with van der Waals surface area (Å²) in [4.78, 5) is 4.22. The van der Waals surface area contributed by atoms with Gasteiger partial charge in [-0.1, -0.05) is 25.6 Å². The smallest absolute Gasteiger partial charge is 0.0571 e. The third-order valence-electron chi connectivity index (χ3n) is 1.86. The molecule has 1 rings (SSSR count). The molecule has 0 aliphatic carbocycles. The molecule has 0 aliphatic rings. The van der Waals surface area contributed by atoms with Crippen LogP contribution in [0.3, 0.4) is 0 Å². The Bertz CT molecular complexity index is 251. The van der Waals surface area contributed by atoms with Gasteiger partial charge in [-0.3, -0.25) is 4.98 Å². The van der Waals surface area contributed by atoms with Gasteiger partial charge in [-0.15, -0.1) is 0 Å². The highest BCUT2D eigenvalue weighted by molar-refractivity contribution is 5.45. The lowest BCUT2D eigenvalue weighted by Gasteiger charge is -2.07. The number of rotatable bonds is 3. The first-order chi connectivity index (χ1) is 5.77. The quantitative estimate of drug-likeness (QED) is 0.739. The molecule has 2 N–H and O–H groups in total. The van der Waals surface area contributed by atoms with E-state index in [-0.39, 0.29) is 6.04 Å². The van der Waals surface area contributed by atoms with E-state index < -0.39 is 0 Å². The summed E-state index contributed by atoms with van der Waals surface area (Å²) >= 11 is 0. The Morgan fingerprint density at radius 1 is 1.67 bits per heavy atom. The third-order valence-corrected chi connectivity index (χ3v) is 1.86. The van der Waals surface area contributed by atoms with E-state index in [4.69, 9.17) is 5.73 Å². The van der Waals surface area contributed by atoms with E-state index in [1.807, 2.05) is 19.1 Å². The second kappa shape index (κ2) is 4.02. The van der Waals surface area contributed by atoms with Crippen molar-refractivity contribution in [2.75, 3.05) is 0 Å². The largest absolute Gasteiger partial charge is 0.323 e. The maximum Gasteiger partial charge on any atom is 0.0571 e. The van der Waals surface area contributed by atoms with Crippen molar-refractivity contribution in [1.29, 1.82) is 0 Å². The normalized spacial score (nSPS) is 12.5. The van der Waals surface area contributed by atoms with E-state index in [9.17, 15) is 0 Å². The van der Waals surface area contributed by atoms with Crippen molar-refractivity contribution in [2.24, 2.45) is 5.73 Å². The molecular weight excluding hydrogens is 148 g/mol. The fourth-order valence-corrected chi connectivity index (χ4v) is 0.966. The van der Waals surface area contributed by atoms with Gasteiger partial charge in [0.25, 0.3) is 0 Å². The molecule has 0 unspecified atom stereocenters. The molecule has 0 spiro atoms. The van der Waals surface area contributed by atoms with Crippen molar-refractivity contribution in [3.63, 3.8) is 0 Å². The highest BCUT2D eigenvalue weighted by Gasteiger charge is 2.02. The molecule has 2 heteroatoms. The van der Waals surface area contributed by atoms with Crippen LogP contribution in [-0.4, -0.2) is 4.98 Å². The Hall–Kier alpha value is -1.15. The first-order valence-corrected chi connectivity index (χ1v) is 4.12. The van der Waals surface area contributed by atoms with E-state index in [0.717, 1.165) is 17.7 Å². The minimum Gasteiger partial charge on any atom is -0.323 e. The van der Waals surface area contributed by atoms with Crippen LogP contribution in [-0.2, 0) is 0 Å². The topological polar surface area (TPSA) is 38.9 Å².